The van der Waals surface area contributed by atoms with Crippen LogP contribution in [-0.4, -0.2) is 17.0 Å². The molecule has 0 aromatic heterocycles. The van der Waals surface area contributed by atoms with Gasteiger partial charge in [-0.15, -0.1) is 0 Å². The fourth-order valence-corrected chi connectivity index (χ4v) is 2.42. The first kappa shape index (κ1) is 16.1. The summed E-state index contributed by atoms with van der Waals surface area (Å²) >= 11 is 5.10. The lowest BCUT2D eigenvalue weighted by Gasteiger charge is -2.11. The molecular weight excluding hydrogens is 452 g/mol. The summed E-state index contributed by atoms with van der Waals surface area (Å²) in [5.41, 5.74) is 0.614. The minimum atomic E-state index is -0.584. The number of alkyl halides is 1. The van der Waals surface area contributed by atoms with Crippen LogP contribution >= 0.6 is 38.5 Å². The second kappa shape index (κ2) is 7.13. The third-order valence-corrected chi connectivity index (χ3v) is 3.92. The molecule has 1 amide bonds. The summed E-state index contributed by atoms with van der Waals surface area (Å²) in [6.07, 6.45) is 0. The second-order valence-electron chi connectivity index (χ2n) is 4.18. The van der Waals surface area contributed by atoms with E-state index in [0.717, 1.165) is 3.57 Å². The van der Waals surface area contributed by atoms with Crippen molar-refractivity contribution in [2.45, 2.75) is 0 Å². The quantitative estimate of drug-likeness (QED) is 0.425. The Morgan fingerprint density at radius 1 is 1.14 bits per heavy atom. The van der Waals surface area contributed by atoms with Crippen molar-refractivity contribution in [2.75, 3.05) is 10.6 Å². The van der Waals surface area contributed by atoms with Crippen LogP contribution in [0.1, 0.15) is 15.9 Å². The van der Waals surface area contributed by atoms with Gasteiger partial charge in [0.05, 0.1) is 16.6 Å². The molecule has 0 saturated carbocycles. The molecule has 0 spiro atoms. The lowest BCUT2D eigenvalue weighted by Crippen LogP contribution is -2.16. The van der Waals surface area contributed by atoms with E-state index in [0.29, 0.717) is 5.69 Å². The number of hydrogen-bond acceptors (Lipinski definition) is 2. The van der Waals surface area contributed by atoms with Crippen molar-refractivity contribution < 1.29 is 14.0 Å². The van der Waals surface area contributed by atoms with Crippen LogP contribution in [0.25, 0.3) is 0 Å². The number of benzene rings is 2. The summed E-state index contributed by atoms with van der Waals surface area (Å²) in [6.45, 7) is 0. The van der Waals surface area contributed by atoms with Crippen molar-refractivity contribution in [1.29, 1.82) is 0 Å². The lowest BCUT2D eigenvalue weighted by atomic mass is 10.0. The van der Waals surface area contributed by atoms with Crippen molar-refractivity contribution in [3.8, 4) is 0 Å². The van der Waals surface area contributed by atoms with Crippen LogP contribution in [0, 0.1) is 9.39 Å². The number of carbonyl (C=O) groups is 2. The molecule has 21 heavy (non-hydrogen) atoms. The van der Waals surface area contributed by atoms with E-state index in [1.165, 1.54) is 18.2 Å². The molecule has 0 aliphatic rings. The summed E-state index contributed by atoms with van der Waals surface area (Å²) in [4.78, 5) is 24.0. The molecule has 2 aromatic rings. The zero-order valence-corrected chi connectivity index (χ0v) is 14.4. The van der Waals surface area contributed by atoms with Gasteiger partial charge in [0.15, 0.2) is 5.78 Å². The van der Waals surface area contributed by atoms with Gasteiger partial charge in [-0.3, -0.25) is 9.59 Å². The van der Waals surface area contributed by atoms with E-state index in [9.17, 15) is 14.0 Å². The van der Waals surface area contributed by atoms with Gasteiger partial charge in [-0.25, -0.2) is 4.39 Å². The van der Waals surface area contributed by atoms with Gasteiger partial charge >= 0.3 is 0 Å². The molecular formula is C15H10BrFINO2. The average Bonchev–Trinajstić information content (AvgIpc) is 2.48. The highest BCUT2D eigenvalue weighted by atomic mass is 127. The fraction of sp³-hybridized carbons (Fsp3) is 0.0667. The number of anilines is 1. The SMILES string of the molecule is O=C(CBr)Nc1ccc(I)cc1C(=O)c1ccccc1F. The van der Waals surface area contributed by atoms with E-state index in [1.54, 1.807) is 24.3 Å². The summed E-state index contributed by atoms with van der Waals surface area (Å²) in [6, 6.07) is 10.8. The molecule has 2 aromatic carbocycles. The number of amides is 1. The zero-order chi connectivity index (χ0) is 15.4. The average molecular weight is 462 g/mol. The molecule has 0 bridgehead atoms. The van der Waals surface area contributed by atoms with Crippen molar-refractivity contribution in [2.24, 2.45) is 0 Å². The Bertz CT molecular complexity index is 706. The predicted molar refractivity (Wildman–Crippen MR) is 91.4 cm³/mol. The van der Waals surface area contributed by atoms with Gasteiger partial charge in [0, 0.05) is 9.13 Å². The monoisotopic (exact) mass is 461 g/mol. The second-order valence-corrected chi connectivity index (χ2v) is 5.99. The molecule has 0 radical (unpaired) electrons. The Hall–Kier alpha value is -1.28. The molecule has 0 saturated heterocycles. The molecule has 6 heteroatoms. The maximum absolute atomic E-state index is 13.8. The predicted octanol–water partition coefficient (Wildman–Crippen LogP) is 3.99. The van der Waals surface area contributed by atoms with Gasteiger partial charge < -0.3 is 5.32 Å². The van der Waals surface area contributed by atoms with E-state index in [-0.39, 0.29) is 22.4 Å². The Morgan fingerprint density at radius 3 is 2.52 bits per heavy atom. The maximum atomic E-state index is 13.8. The van der Waals surface area contributed by atoms with Crippen molar-refractivity contribution in [3.63, 3.8) is 0 Å². The number of rotatable bonds is 4. The van der Waals surface area contributed by atoms with Crippen LogP contribution < -0.4 is 5.32 Å². The van der Waals surface area contributed by atoms with Crippen LogP contribution in [0.3, 0.4) is 0 Å². The molecule has 2 rings (SSSR count). The van der Waals surface area contributed by atoms with E-state index in [1.807, 2.05) is 0 Å². The standard InChI is InChI=1S/C15H10BrFINO2/c16-8-14(20)19-13-6-5-9(18)7-11(13)15(21)10-3-1-2-4-12(10)17/h1-7H,8H2,(H,19,20). The maximum Gasteiger partial charge on any atom is 0.235 e. The normalized spacial score (nSPS) is 10.2. The molecule has 0 aliphatic heterocycles. The third kappa shape index (κ3) is 3.88. The fourth-order valence-electron chi connectivity index (χ4n) is 1.79. The Morgan fingerprint density at radius 2 is 1.86 bits per heavy atom. The highest BCUT2D eigenvalue weighted by Gasteiger charge is 2.18. The first-order chi connectivity index (χ1) is 10.0. The van der Waals surface area contributed by atoms with Crippen LogP contribution in [0.4, 0.5) is 10.1 Å². The smallest absolute Gasteiger partial charge is 0.235 e. The Balaban J connectivity index is 2.47. The number of carbonyl (C=O) groups excluding carboxylic acids is 2. The Labute approximate surface area is 143 Å². The highest BCUT2D eigenvalue weighted by Crippen LogP contribution is 2.23. The van der Waals surface area contributed by atoms with Gasteiger partial charge in [0.1, 0.15) is 5.82 Å². The number of hydrogen-bond donors (Lipinski definition) is 1. The van der Waals surface area contributed by atoms with Gasteiger partial charge in [-0.1, -0.05) is 28.1 Å². The summed E-state index contributed by atoms with van der Waals surface area (Å²) in [5, 5.41) is 2.74. The van der Waals surface area contributed by atoms with Crippen LogP contribution in [0.5, 0.6) is 0 Å². The largest absolute Gasteiger partial charge is 0.325 e. The molecule has 108 valence electrons. The number of halogens is 3. The van der Waals surface area contributed by atoms with Crippen LogP contribution in [-0.2, 0) is 4.79 Å². The van der Waals surface area contributed by atoms with Gasteiger partial charge in [-0.05, 0) is 52.9 Å². The molecule has 0 unspecified atom stereocenters. The number of ketones is 1. The molecule has 0 aliphatic carbocycles. The summed E-state index contributed by atoms with van der Waals surface area (Å²) in [7, 11) is 0. The van der Waals surface area contributed by atoms with E-state index < -0.39 is 11.6 Å². The summed E-state index contributed by atoms with van der Waals surface area (Å²) in [5.74, 6) is -1.32. The topological polar surface area (TPSA) is 46.2 Å². The van der Waals surface area contributed by atoms with Crippen LogP contribution in [0.2, 0.25) is 0 Å². The molecule has 1 N–H and O–H groups in total. The minimum absolute atomic E-state index is 0.0196. The first-order valence-corrected chi connectivity index (χ1v) is 8.17. The zero-order valence-electron chi connectivity index (χ0n) is 10.7. The van der Waals surface area contributed by atoms with Crippen molar-refractivity contribution in [3.05, 3.63) is 63.0 Å². The molecule has 0 atom stereocenters. The van der Waals surface area contributed by atoms with E-state index in [2.05, 4.69) is 43.8 Å². The lowest BCUT2D eigenvalue weighted by molar-refractivity contribution is -0.113. The summed E-state index contributed by atoms with van der Waals surface area (Å²) < 4.78 is 14.6. The van der Waals surface area contributed by atoms with Gasteiger partial charge in [0.25, 0.3) is 0 Å². The molecule has 0 fully saturated rings. The Kier molecular flexibility index (Phi) is 5.46. The minimum Gasteiger partial charge on any atom is -0.325 e. The van der Waals surface area contributed by atoms with E-state index in [4.69, 9.17) is 0 Å². The molecule has 3 nitrogen and oxygen atoms in total. The van der Waals surface area contributed by atoms with Crippen molar-refractivity contribution in [1.82, 2.24) is 0 Å². The number of nitrogens with one attached hydrogen (secondary N) is 1. The highest BCUT2D eigenvalue weighted by molar-refractivity contribution is 14.1. The van der Waals surface area contributed by atoms with Gasteiger partial charge in [0.2, 0.25) is 5.91 Å². The van der Waals surface area contributed by atoms with E-state index >= 15 is 0 Å². The van der Waals surface area contributed by atoms with Crippen LogP contribution in [0.15, 0.2) is 42.5 Å². The first-order valence-electron chi connectivity index (χ1n) is 5.97. The molecule has 0 heterocycles. The third-order valence-electron chi connectivity index (χ3n) is 2.74. The van der Waals surface area contributed by atoms with Gasteiger partial charge in [-0.2, -0.15) is 0 Å². The van der Waals surface area contributed by atoms with Crippen molar-refractivity contribution >= 4 is 55.9 Å².